The van der Waals surface area contributed by atoms with Gasteiger partial charge in [-0.15, -0.1) is 0 Å². The highest BCUT2D eigenvalue weighted by Crippen LogP contribution is 2.33. The number of benzene rings is 1. The van der Waals surface area contributed by atoms with Crippen LogP contribution in [-0.4, -0.2) is 29.7 Å². The third-order valence-electron chi connectivity index (χ3n) is 4.34. The van der Waals surface area contributed by atoms with Gasteiger partial charge in [-0.1, -0.05) is 32.0 Å². The van der Waals surface area contributed by atoms with Gasteiger partial charge in [0, 0.05) is 13.1 Å². The zero-order valence-corrected chi connectivity index (χ0v) is 15.8. The van der Waals surface area contributed by atoms with E-state index in [1.54, 1.807) is 0 Å². The number of ether oxygens (including phenoxy) is 1. The summed E-state index contributed by atoms with van der Waals surface area (Å²) in [5, 5.41) is 3.45. The van der Waals surface area contributed by atoms with E-state index >= 15 is 0 Å². The highest BCUT2D eigenvalue weighted by Gasteiger charge is 2.32. The number of carbonyl (C=O) groups excluding carboxylic acids is 1. The third-order valence-corrected chi connectivity index (χ3v) is 4.34. The van der Waals surface area contributed by atoms with Crippen LogP contribution in [0.25, 0.3) is 0 Å². The van der Waals surface area contributed by atoms with E-state index in [0.717, 1.165) is 38.9 Å². The Morgan fingerprint density at radius 3 is 2.71 bits per heavy atom. The Kier molecular flexibility index (Phi) is 6.27. The van der Waals surface area contributed by atoms with Crippen molar-refractivity contribution in [3.05, 3.63) is 34.9 Å². The number of carbonyl (C=O) groups is 1. The van der Waals surface area contributed by atoms with Gasteiger partial charge in [-0.05, 0) is 63.3 Å². The first-order valence-corrected chi connectivity index (χ1v) is 9.17. The van der Waals surface area contributed by atoms with Crippen LogP contribution in [0.1, 0.15) is 70.2 Å². The predicted octanol–water partition coefficient (Wildman–Crippen LogP) is 4.43. The monoisotopic (exact) mass is 332 g/mol. The Morgan fingerprint density at radius 2 is 2.08 bits per heavy atom. The molecule has 1 heterocycles. The average molecular weight is 332 g/mol. The van der Waals surface area contributed by atoms with Crippen LogP contribution in [-0.2, 0) is 17.7 Å². The van der Waals surface area contributed by atoms with Gasteiger partial charge in [0.05, 0.1) is 6.04 Å². The minimum atomic E-state index is -0.454. The molecule has 0 radical (unpaired) electrons. The molecule has 24 heavy (non-hydrogen) atoms. The lowest BCUT2D eigenvalue weighted by Gasteiger charge is -2.38. The smallest absolute Gasteiger partial charge is 0.410 e. The molecule has 1 atom stereocenters. The van der Waals surface area contributed by atoms with Crippen molar-refractivity contribution < 1.29 is 9.53 Å². The fourth-order valence-electron chi connectivity index (χ4n) is 3.26. The second-order valence-corrected chi connectivity index (χ2v) is 7.56. The molecule has 134 valence electrons. The maximum atomic E-state index is 12.5. The largest absolute Gasteiger partial charge is 0.444 e. The van der Waals surface area contributed by atoms with Crippen LogP contribution < -0.4 is 5.32 Å². The summed E-state index contributed by atoms with van der Waals surface area (Å²) in [6, 6.07) is 6.79. The molecule has 1 aromatic rings. The average Bonchev–Trinajstić information content (AvgIpc) is 2.52. The molecule has 0 saturated heterocycles. The van der Waals surface area contributed by atoms with Crippen LogP contribution in [0.4, 0.5) is 4.79 Å². The van der Waals surface area contributed by atoms with Gasteiger partial charge in [0.15, 0.2) is 0 Å². The first kappa shape index (κ1) is 18.8. The van der Waals surface area contributed by atoms with Crippen molar-refractivity contribution in [2.45, 2.75) is 72.1 Å². The van der Waals surface area contributed by atoms with Crippen molar-refractivity contribution in [1.29, 1.82) is 0 Å². The molecule has 1 unspecified atom stereocenters. The second-order valence-electron chi connectivity index (χ2n) is 7.56. The molecule has 1 aliphatic heterocycles. The number of nitrogens with zero attached hydrogens (tertiary/aromatic N) is 1. The van der Waals surface area contributed by atoms with Gasteiger partial charge in [-0.2, -0.15) is 0 Å². The number of hydrogen-bond donors (Lipinski definition) is 1. The molecule has 1 aliphatic rings. The Labute approximate surface area is 146 Å². The summed E-state index contributed by atoms with van der Waals surface area (Å²) in [5.41, 5.74) is 3.51. The lowest BCUT2D eigenvalue weighted by atomic mass is 9.90. The highest BCUT2D eigenvalue weighted by atomic mass is 16.6. The van der Waals surface area contributed by atoms with E-state index in [2.05, 4.69) is 37.4 Å². The van der Waals surface area contributed by atoms with Gasteiger partial charge in [0.1, 0.15) is 5.60 Å². The number of amides is 1. The van der Waals surface area contributed by atoms with Crippen molar-refractivity contribution >= 4 is 6.09 Å². The molecule has 1 N–H and O–H groups in total. The summed E-state index contributed by atoms with van der Waals surface area (Å²) in [5.74, 6) is 0. The lowest BCUT2D eigenvalue weighted by molar-refractivity contribution is 0.0137. The molecule has 1 amide bonds. The van der Waals surface area contributed by atoms with Crippen LogP contribution in [0.3, 0.4) is 0 Å². The van der Waals surface area contributed by atoms with Gasteiger partial charge in [0.2, 0.25) is 0 Å². The molecule has 2 rings (SSSR count). The number of rotatable bonds is 5. The molecule has 4 nitrogen and oxygen atoms in total. The first-order valence-electron chi connectivity index (χ1n) is 9.17. The molecule has 4 heteroatoms. The van der Waals surface area contributed by atoms with Crippen molar-refractivity contribution in [3.63, 3.8) is 0 Å². The molecule has 0 bridgehead atoms. The maximum Gasteiger partial charge on any atom is 0.410 e. The van der Waals surface area contributed by atoms with Crippen LogP contribution in [0.15, 0.2) is 18.2 Å². The normalized spacial score (nSPS) is 17.5. The summed E-state index contributed by atoms with van der Waals surface area (Å²) in [4.78, 5) is 14.4. The molecule has 0 aromatic heterocycles. The molecule has 0 spiro atoms. The molecule has 0 saturated carbocycles. The number of nitrogens with one attached hydrogen (secondary N) is 1. The summed E-state index contributed by atoms with van der Waals surface area (Å²) in [6.07, 6.45) is 2.74. The SMILES string of the molecule is CCCNCc1ccc2c(c1)CCN(C(=O)OC(C)(C)C)C2CC. The second kappa shape index (κ2) is 8.02. The van der Waals surface area contributed by atoms with Gasteiger partial charge in [-0.25, -0.2) is 4.79 Å². The van der Waals surface area contributed by atoms with Crippen molar-refractivity contribution in [1.82, 2.24) is 10.2 Å². The van der Waals surface area contributed by atoms with Crippen LogP contribution in [0, 0.1) is 0 Å². The van der Waals surface area contributed by atoms with E-state index in [1.807, 2.05) is 25.7 Å². The highest BCUT2D eigenvalue weighted by molar-refractivity contribution is 5.69. The van der Waals surface area contributed by atoms with E-state index in [4.69, 9.17) is 4.74 Å². The minimum Gasteiger partial charge on any atom is -0.444 e. The van der Waals surface area contributed by atoms with Crippen molar-refractivity contribution in [3.8, 4) is 0 Å². The maximum absolute atomic E-state index is 12.5. The summed E-state index contributed by atoms with van der Waals surface area (Å²) in [6.45, 7) is 12.7. The van der Waals surface area contributed by atoms with Crippen LogP contribution >= 0.6 is 0 Å². The van der Waals surface area contributed by atoms with E-state index in [0.29, 0.717) is 0 Å². The van der Waals surface area contributed by atoms with Gasteiger partial charge in [0.25, 0.3) is 0 Å². The van der Waals surface area contributed by atoms with Crippen molar-refractivity contribution in [2.75, 3.05) is 13.1 Å². The Hall–Kier alpha value is -1.55. The molecule has 1 aromatic carbocycles. The van der Waals surface area contributed by atoms with E-state index in [1.165, 1.54) is 16.7 Å². The molecule has 0 aliphatic carbocycles. The first-order chi connectivity index (χ1) is 11.4. The Morgan fingerprint density at radius 1 is 1.33 bits per heavy atom. The molecular weight excluding hydrogens is 300 g/mol. The zero-order valence-electron chi connectivity index (χ0n) is 15.8. The Bertz CT molecular complexity index is 563. The molecule has 0 fully saturated rings. The Balaban J connectivity index is 2.14. The summed E-state index contributed by atoms with van der Waals surface area (Å²) in [7, 11) is 0. The van der Waals surface area contributed by atoms with E-state index in [9.17, 15) is 4.79 Å². The fourth-order valence-corrected chi connectivity index (χ4v) is 3.26. The van der Waals surface area contributed by atoms with E-state index in [-0.39, 0.29) is 12.1 Å². The van der Waals surface area contributed by atoms with Gasteiger partial charge in [-0.3, -0.25) is 0 Å². The van der Waals surface area contributed by atoms with Crippen LogP contribution in [0.5, 0.6) is 0 Å². The number of fused-ring (bicyclic) bond motifs is 1. The standard InChI is InChI=1S/C20H32N2O2/c1-6-11-21-14-15-8-9-17-16(13-15)10-12-22(18(17)7-2)19(23)24-20(3,4)5/h8-9,13,18,21H,6-7,10-12,14H2,1-5H3. The van der Waals surface area contributed by atoms with Gasteiger partial charge >= 0.3 is 6.09 Å². The quantitative estimate of drug-likeness (QED) is 0.811. The zero-order chi connectivity index (χ0) is 17.7. The topological polar surface area (TPSA) is 41.6 Å². The van der Waals surface area contributed by atoms with Crippen LogP contribution in [0.2, 0.25) is 0 Å². The lowest BCUT2D eigenvalue weighted by Crippen LogP contribution is -2.42. The molecular formula is C20H32N2O2. The van der Waals surface area contributed by atoms with Gasteiger partial charge < -0.3 is 15.0 Å². The van der Waals surface area contributed by atoms with Crippen molar-refractivity contribution in [2.24, 2.45) is 0 Å². The number of hydrogen-bond acceptors (Lipinski definition) is 3. The third kappa shape index (κ3) is 4.73. The predicted molar refractivity (Wildman–Crippen MR) is 98.1 cm³/mol. The fraction of sp³-hybridized carbons (Fsp3) is 0.650. The summed E-state index contributed by atoms with van der Waals surface area (Å²) < 4.78 is 5.59. The summed E-state index contributed by atoms with van der Waals surface area (Å²) >= 11 is 0. The minimum absolute atomic E-state index is 0.112. The van der Waals surface area contributed by atoms with E-state index < -0.39 is 5.60 Å².